The predicted octanol–water partition coefficient (Wildman–Crippen LogP) is 2.05. The highest BCUT2D eigenvalue weighted by atomic mass is 79.9. The lowest BCUT2D eigenvalue weighted by Crippen LogP contribution is -2.43. The first-order valence-electron chi connectivity index (χ1n) is 4.56. The third-order valence-electron chi connectivity index (χ3n) is 2.87. The standard InChI is InChI=1S/C10H18BrNO/c1-5-6-12-7-8(13-4)9(11)10(12,2)3/h5,8-9H,1,6-7H2,2-4H3/t8-,9-/m1/s1. The highest BCUT2D eigenvalue weighted by Gasteiger charge is 2.45. The van der Waals surface area contributed by atoms with E-state index >= 15 is 0 Å². The van der Waals surface area contributed by atoms with Gasteiger partial charge in [-0.15, -0.1) is 6.58 Å². The van der Waals surface area contributed by atoms with Gasteiger partial charge in [0, 0.05) is 25.7 Å². The number of hydrogen-bond donors (Lipinski definition) is 0. The van der Waals surface area contributed by atoms with E-state index in [4.69, 9.17) is 4.74 Å². The van der Waals surface area contributed by atoms with Gasteiger partial charge < -0.3 is 4.74 Å². The van der Waals surface area contributed by atoms with Crippen LogP contribution >= 0.6 is 15.9 Å². The molecule has 1 fully saturated rings. The molecule has 0 N–H and O–H groups in total. The second-order valence-electron chi connectivity index (χ2n) is 4.02. The van der Waals surface area contributed by atoms with Crippen LogP contribution in [0.1, 0.15) is 13.8 Å². The molecule has 0 bridgehead atoms. The molecule has 1 saturated heterocycles. The molecule has 1 heterocycles. The third-order valence-corrected chi connectivity index (χ3v) is 4.58. The molecule has 3 heteroatoms. The molecule has 0 radical (unpaired) electrons. The number of rotatable bonds is 3. The molecule has 1 aliphatic heterocycles. The Kier molecular flexibility index (Phi) is 3.55. The van der Waals surface area contributed by atoms with Gasteiger partial charge in [-0.3, -0.25) is 4.90 Å². The van der Waals surface area contributed by atoms with Crippen molar-refractivity contribution in [2.45, 2.75) is 30.3 Å². The minimum atomic E-state index is 0.148. The fourth-order valence-corrected chi connectivity index (χ4v) is 2.51. The summed E-state index contributed by atoms with van der Waals surface area (Å²) < 4.78 is 5.41. The molecule has 76 valence electrons. The lowest BCUT2D eigenvalue weighted by Gasteiger charge is -2.32. The molecule has 2 nitrogen and oxygen atoms in total. The summed E-state index contributed by atoms with van der Waals surface area (Å²) in [5, 5.41) is 0. The summed E-state index contributed by atoms with van der Waals surface area (Å²) in [6.07, 6.45) is 2.23. The molecule has 13 heavy (non-hydrogen) atoms. The Bertz CT molecular complexity index is 193. The smallest absolute Gasteiger partial charge is 0.0841 e. The van der Waals surface area contributed by atoms with E-state index in [-0.39, 0.29) is 11.6 Å². The minimum absolute atomic E-state index is 0.148. The van der Waals surface area contributed by atoms with Gasteiger partial charge in [-0.05, 0) is 13.8 Å². The van der Waals surface area contributed by atoms with Crippen LogP contribution in [0.2, 0.25) is 0 Å². The molecular formula is C10H18BrNO. The molecule has 1 aliphatic rings. The van der Waals surface area contributed by atoms with E-state index < -0.39 is 0 Å². The second kappa shape index (κ2) is 4.11. The highest BCUT2D eigenvalue weighted by Crippen LogP contribution is 2.35. The Balaban J connectivity index is 2.73. The monoisotopic (exact) mass is 247 g/mol. The lowest BCUT2D eigenvalue weighted by atomic mass is 10.0. The van der Waals surface area contributed by atoms with Crippen molar-refractivity contribution in [3.63, 3.8) is 0 Å². The second-order valence-corrected chi connectivity index (χ2v) is 5.01. The van der Waals surface area contributed by atoms with Gasteiger partial charge in [-0.2, -0.15) is 0 Å². The third kappa shape index (κ3) is 1.97. The predicted molar refractivity (Wildman–Crippen MR) is 59.4 cm³/mol. The van der Waals surface area contributed by atoms with Gasteiger partial charge in [0.15, 0.2) is 0 Å². The Morgan fingerprint density at radius 2 is 2.31 bits per heavy atom. The van der Waals surface area contributed by atoms with E-state index in [2.05, 4.69) is 41.3 Å². The molecular weight excluding hydrogens is 230 g/mol. The first-order chi connectivity index (χ1) is 6.04. The Morgan fingerprint density at radius 3 is 2.69 bits per heavy atom. The molecule has 0 spiro atoms. The van der Waals surface area contributed by atoms with Gasteiger partial charge in [0.05, 0.1) is 10.9 Å². The first kappa shape index (κ1) is 11.2. The normalized spacial score (nSPS) is 33.5. The number of hydrogen-bond acceptors (Lipinski definition) is 2. The summed E-state index contributed by atoms with van der Waals surface area (Å²) in [6, 6.07) is 0. The fourth-order valence-electron chi connectivity index (χ4n) is 1.83. The van der Waals surface area contributed by atoms with Crippen LogP contribution in [-0.2, 0) is 4.74 Å². The molecule has 0 unspecified atom stereocenters. The van der Waals surface area contributed by atoms with Crippen molar-refractivity contribution >= 4 is 15.9 Å². The maximum Gasteiger partial charge on any atom is 0.0841 e. The van der Waals surface area contributed by atoms with E-state index in [0.29, 0.717) is 4.83 Å². The van der Waals surface area contributed by atoms with Crippen molar-refractivity contribution in [3.05, 3.63) is 12.7 Å². The van der Waals surface area contributed by atoms with E-state index in [1.165, 1.54) is 0 Å². The van der Waals surface area contributed by atoms with E-state index in [1.54, 1.807) is 7.11 Å². The summed E-state index contributed by atoms with van der Waals surface area (Å²) in [4.78, 5) is 2.78. The molecule has 0 aromatic carbocycles. The number of halogens is 1. The average Bonchev–Trinajstić information content (AvgIpc) is 2.29. The van der Waals surface area contributed by atoms with E-state index in [1.807, 2.05) is 6.08 Å². The zero-order chi connectivity index (χ0) is 10.1. The topological polar surface area (TPSA) is 12.5 Å². The summed E-state index contributed by atoms with van der Waals surface area (Å²) >= 11 is 3.70. The Labute approximate surface area is 89.1 Å². The van der Waals surface area contributed by atoms with Gasteiger partial charge in [0.2, 0.25) is 0 Å². The van der Waals surface area contributed by atoms with Crippen molar-refractivity contribution in [3.8, 4) is 0 Å². The summed E-state index contributed by atoms with van der Waals surface area (Å²) in [6.45, 7) is 10.1. The van der Waals surface area contributed by atoms with Crippen LogP contribution < -0.4 is 0 Å². The Hall–Kier alpha value is 0.140. The summed E-state index contributed by atoms with van der Waals surface area (Å²) in [7, 11) is 1.77. The molecule has 1 rings (SSSR count). The van der Waals surface area contributed by atoms with Crippen LogP contribution in [0, 0.1) is 0 Å². The summed E-state index contributed by atoms with van der Waals surface area (Å²) in [5.74, 6) is 0. The molecule has 0 saturated carbocycles. The maximum absolute atomic E-state index is 5.41. The van der Waals surface area contributed by atoms with Crippen LogP contribution in [0.4, 0.5) is 0 Å². The van der Waals surface area contributed by atoms with Gasteiger partial charge in [0.1, 0.15) is 0 Å². The first-order valence-corrected chi connectivity index (χ1v) is 5.48. The van der Waals surface area contributed by atoms with Gasteiger partial charge in [0.25, 0.3) is 0 Å². The number of likely N-dealkylation sites (tertiary alicyclic amines) is 1. The van der Waals surface area contributed by atoms with E-state index in [0.717, 1.165) is 13.1 Å². The number of nitrogens with zero attached hydrogens (tertiary/aromatic N) is 1. The number of methoxy groups -OCH3 is 1. The van der Waals surface area contributed by atoms with Crippen LogP contribution in [-0.4, -0.2) is 41.6 Å². The Morgan fingerprint density at radius 1 is 1.69 bits per heavy atom. The van der Waals surface area contributed by atoms with Gasteiger partial charge >= 0.3 is 0 Å². The zero-order valence-corrected chi connectivity index (χ0v) is 10.2. The van der Waals surface area contributed by atoms with Crippen LogP contribution in [0.5, 0.6) is 0 Å². The molecule has 0 amide bonds. The van der Waals surface area contributed by atoms with Crippen molar-refractivity contribution in [1.82, 2.24) is 4.90 Å². The van der Waals surface area contributed by atoms with Gasteiger partial charge in [-0.1, -0.05) is 22.0 Å². The van der Waals surface area contributed by atoms with Crippen molar-refractivity contribution in [2.24, 2.45) is 0 Å². The van der Waals surface area contributed by atoms with E-state index in [9.17, 15) is 0 Å². The number of ether oxygens (including phenoxy) is 1. The molecule has 0 aliphatic carbocycles. The highest BCUT2D eigenvalue weighted by molar-refractivity contribution is 9.09. The molecule has 2 atom stereocenters. The minimum Gasteiger partial charge on any atom is -0.379 e. The summed E-state index contributed by atoms with van der Waals surface area (Å²) in [5.41, 5.74) is 0.148. The average molecular weight is 248 g/mol. The lowest BCUT2D eigenvalue weighted by molar-refractivity contribution is 0.113. The van der Waals surface area contributed by atoms with Gasteiger partial charge in [-0.25, -0.2) is 0 Å². The quantitative estimate of drug-likeness (QED) is 0.560. The van der Waals surface area contributed by atoms with Crippen molar-refractivity contribution < 1.29 is 4.74 Å². The van der Waals surface area contributed by atoms with Crippen LogP contribution in [0.3, 0.4) is 0 Å². The van der Waals surface area contributed by atoms with Crippen molar-refractivity contribution in [2.75, 3.05) is 20.2 Å². The zero-order valence-electron chi connectivity index (χ0n) is 8.59. The maximum atomic E-state index is 5.41. The number of alkyl halides is 1. The van der Waals surface area contributed by atoms with Crippen molar-refractivity contribution in [1.29, 1.82) is 0 Å². The fraction of sp³-hybridized carbons (Fsp3) is 0.800. The molecule has 0 aromatic rings. The van der Waals surface area contributed by atoms with Crippen LogP contribution in [0.15, 0.2) is 12.7 Å². The largest absolute Gasteiger partial charge is 0.379 e. The van der Waals surface area contributed by atoms with Crippen LogP contribution in [0.25, 0.3) is 0 Å². The SMILES string of the molecule is C=CCN1C[C@@H](OC)[C@@H](Br)C1(C)C. The molecule has 0 aromatic heterocycles.